The summed E-state index contributed by atoms with van der Waals surface area (Å²) in [6.07, 6.45) is 2.26. The van der Waals surface area contributed by atoms with Crippen LogP contribution in [0.3, 0.4) is 0 Å². The van der Waals surface area contributed by atoms with Crippen LogP contribution in [0.5, 0.6) is 0 Å². The number of anilines is 1. The molecule has 1 heterocycles. The highest BCUT2D eigenvalue weighted by atomic mass is 19.1. The number of nitrogens with one attached hydrogen (secondary N) is 3. The van der Waals surface area contributed by atoms with E-state index < -0.39 is 0 Å². The molecule has 5 heteroatoms. The lowest BCUT2D eigenvalue weighted by Crippen LogP contribution is -2.42. The van der Waals surface area contributed by atoms with Crippen LogP contribution >= 0.6 is 0 Å². The van der Waals surface area contributed by atoms with Gasteiger partial charge in [-0.15, -0.1) is 0 Å². The van der Waals surface area contributed by atoms with Gasteiger partial charge in [-0.1, -0.05) is 6.07 Å². The van der Waals surface area contributed by atoms with Crippen molar-refractivity contribution in [1.29, 1.82) is 0 Å². The molecule has 104 valence electrons. The summed E-state index contributed by atoms with van der Waals surface area (Å²) >= 11 is 0. The van der Waals surface area contributed by atoms with Crippen LogP contribution in [0.25, 0.3) is 0 Å². The fraction of sp³-hybridized carbons (Fsp3) is 0.500. The average molecular weight is 265 g/mol. The Morgan fingerprint density at radius 1 is 1.47 bits per heavy atom. The summed E-state index contributed by atoms with van der Waals surface area (Å²) in [5, 5.41) is 8.83. The molecule has 0 aliphatic carbocycles. The molecule has 2 amide bonds. The standard InChI is InChI=1S/C14H20FN3O/c1-10-5-6-11(8-16-10)9-17-14(19)18-13-4-2-3-12(15)7-13/h2-4,7,10-11,16H,5-6,8-9H2,1H3,(H2,17,18,19). The van der Waals surface area contributed by atoms with Crippen molar-refractivity contribution in [3.05, 3.63) is 30.1 Å². The molecular formula is C14H20FN3O. The Balaban J connectivity index is 1.73. The van der Waals surface area contributed by atoms with E-state index in [0.29, 0.717) is 24.2 Å². The number of carbonyl (C=O) groups is 1. The fourth-order valence-electron chi connectivity index (χ4n) is 2.21. The Bertz CT molecular complexity index is 430. The van der Waals surface area contributed by atoms with Gasteiger partial charge < -0.3 is 16.0 Å². The predicted molar refractivity (Wildman–Crippen MR) is 73.6 cm³/mol. The van der Waals surface area contributed by atoms with E-state index in [4.69, 9.17) is 0 Å². The number of benzene rings is 1. The van der Waals surface area contributed by atoms with Crippen molar-refractivity contribution in [3.63, 3.8) is 0 Å². The second kappa shape index (κ2) is 6.52. The maximum atomic E-state index is 13.0. The van der Waals surface area contributed by atoms with Crippen LogP contribution in [0.4, 0.5) is 14.9 Å². The second-order valence-corrected chi connectivity index (χ2v) is 5.10. The Morgan fingerprint density at radius 3 is 3.00 bits per heavy atom. The van der Waals surface area contributed by atoms with E-state index in [9.17, 15) is 9.18 Å². The van der Waals surface area contributed by atoms with E-state index >= 15 is 0 Å². The van der Waals surface area contributed by atoms with Crippen LogP contribution in [-0.2, 0) is 0 Å². The Hall–Kier alpha value is -1.62. The first-order chi connectivity index (χ1) is 9.13. The maximum absolute atomic E-state index is 13.0. The van der Waals surface area contributed by atoms with Crippen molar-refractivity contribution in [2.24, 2.45) is 5.92 Å². The van der Waals surface area contributed by atoms with Crippen molar-refractivity contribution >= 4 is 11.7 Å². The highest BCUT2D eigenvalue weighted by molar-refractivity contribution is 5.89. The Kier molecular flexibility index (Phi) is 4.74. The molecule has 0 saturated carbocycles. The molecule has 0 radical (unpaired) electrons. The molecule has 2 unspecified atom stereocenters. The number of halogens is 1. The first kappa shape index (κ1) is 13.8. The quantitative estimate of drug-likeness (QED) is 0.785. The first-order valence-electron chi connectivity index (χ1n) is 6.67. The first-order valence-corrected chi connectivity index (χ1v) is 6.67. The number of carbonyl (C=O) groups excluding carboxylic acids is 1. The molecule has 0 bridgehead atoms. The minimum absolute atomic E-state index is 0.288. The molecule has 1 saturated heterocycles. The van der Waals surface area contributed by atoms with Gasteiger partial charge in [0.2, 0.25) is 0 Å². The summed E-state index contributed by atoms with van der Waals surface area (Å²) in [6, 6.07) is 6.15. The summed E-state index contributed by atoms with van der Waals surface area (Å²) < 4.78 is 13.0. The monoisotopic (exact) mass is 265 g/mol. The number of piperidine rings is 1. The minimum Gasteiger partial charge on any atom is -0.338 e. The van der Waals surface area contributed by atoms with Gasteiger partial charge in [-0.3, -0.25) is 0 Å². The Morgan fingerprint density at radius 2 is 2.32 bits per heavy atom. The maximum Gasteiger partial charge on any atom is 0.319 e. The third kappa shape index (κ3) is 4.52. The molecule has 1 aliphatic heterocycles. The SMILES string of the molecule is CC1CCC(CNC(=O)Nc2cccc(F)c2)CN1. The van der Waals surface area contributed by atoms with Gasteiger partial charge in [0.15, 0.2) is 0 Å². The molecule has 2 rings (SSSR count). The van der Waals surface area contributed by atoms with Crippen molar-refractivity contribution in [1.82, 2.24) is 10.6 Å². The second-order valence-electron chi connectivity index (χ2n) is 5.10. The molecule has 0 aromatic heterocycles. The van der Waals surface area contributed by atoms with Gasteiger partial charge in [-0.25, -0.2) is 9.18 Å². The van der Waals surface area contributed by atoms with E-state index in [2.05, 4.69) is 22.9 Å². The molecule has 1 aliphatic rings. The topological polar surface area (TPSA) is 53.2 Å². The van der Waals surface area contributed by atoms with E-state index in [0.717, 1.165) is 19.4 Å². The Labute approximate surface area is 112 Å². The van der Waals surface area contributed by atoms with Gasteiger partial charge in [0.1, 0.15) is 5.82 Å². The number of rotatable bonds is 3. The van der Waals surface area contributed by atoms with Gasteiger partial charge in [-0.05, 0) is 50.4 Å². The van der Waals surface area contributed by atoms with Crippen LogP contribution < -0.4 is 16.0 Å². The third-order valence-electron chi connectivity index (χ3n) is 3.40. The van der Waals surface area contributed by atoms with Gasteiger partial charge in [-0.2, -0.15) is 0 Å². The lowest BCUT2D eigenvalue weighted by atomic mass is 9.95. The van der Waals surface area contributed by atoms with Gasteiger partial charge in [0, 0.05) is 18.3 Å². The number of hydrogen-bond donors (Lipinski definition) is 3. The summed E-state index contributed by atoms with van der Waals surface area (Å²) in [5.74, 6) is 0.109. The van der Waals surface area contributed by atoms with Crippen LogP contribution in [-0.4, -0.2) is 25.2 Å². The third-order valence-corrected chi connectivity index (χ3v) is 3.40. The molecule has 2 atom stereocenters. The molecule has 1 aromatic carbocycles. The molecule has 19 heavy (non-hydrogen) atoms. The lowest BCUT2D eigenvalue weighted by molar-refractivity contribution is 0.246. The predicted octanol–water partition coefficient (Wildman–Crippen LogP) is 2.34. The van der Waals surface area contributed by atoms with E-state index in [1.54, 1.807) is 12.1 Å². The normalized spacial score (nSPS) is 22.8. The molecular weight excluding hydrogens is 245 g/mol. The highest BCUT2D eigenvalue weighted by Crippen LogP contribution is 2.13. The zero-order valence-corrected chi connectivity index (χ0v) is 11.1. The van der Waals surface area contributed by atoms with Gasteiger partial charge in [0.05, 0.1) is 0 Å². The lowest BCUT2D eigenvalue weighted by Gasteiger charge is -2.27. The smallest absolute Gasteiger partial charge is 0.319 e. The molecule has 4 nitrogen and oxygen atoms in total. The van der Waals surface area contributed by atoms with Crippen molar-refractivity contribution in [2.45, 2.75) is 25.8 Å². The molecule has 3 N–H and O–H groups in total. The average Bonchev–Trinajstić information content (AvgIpc) is 2.38. The number of urea groups is 1. The number of amides is 2. The van der Waals surface area contributed by atoms with E-state index in [1.165, 1.54) is 12.1 Å². The van der Waals surface area contributed by atoms with Gasteiger partial charge in [0.25, 0.3) is 0 Å². The molecule has 0 spiro atoms. The summed E-state index contributed by atoms with van der Waals surface area (Å²) in [6.45, 7) is 3.74. The fourth-order valence-corrected chi connectivity index (χ4v) is 2.21. The summed E-state index contributed by atoms with van der Waals surface area (Å²) in [4.78, 5) is 11.7. The summed E-state index contributed by atoms with van der Waals surface area (Å²) in [7, 11) is 0. The van der Waals surface area contributed by atoms with Crippen molar-refractivity contribution in [2.75, 3.05) is 18.4 Å². The van der Waals surface area contributed by atoms with E-state index in [1.807, 2.05) is 0 Å². The van der Waals surface area contributed by atoms with Crippen LogP contribution in [0.1, 0.15) is 19.8 Å². The zero-order valence-electron chi connectivity index (χ0n) is 11.1. The molecule has 1 fully saturated rings. The number of hydrogen-bond acceptors (Lipinski definition) is 2. The van der Waals surface area contributed by atoms with E-state index in [-0.39, 0.29) is 11.8 Å². The van der Waals surface area contributed by atoms with Crippen LogP contribution in [0, 0.1) is 11.7 Å². The van der Waals surface area contributed by atoms with Gasteiger partial charge >= 0.3 is 6.03 Å². The van der Waals surface area contributed by atoms with Crippen LogP contribution in [0.15, 0.2) is 24.3 Å². The van der Waals surface area contributed by atoms with Crippen molar-refractivity contribution < 1.29 is 9.18 Å². The largest absolute Gasteiger partial charge is 0.338 e. The van der Waals surface area contributed by atoms with Crippen LogP contribution in [0.2, 0.25) is 0 Å². The summed E-state index contributed by atoms with van der Waals surface area (Å²) in [5.41, 5.74) is 0.466. The highest BCUT2D eigenvalue weighted by Gasteiger charge is 2.17. The van der Waals surface area contributed by atoms with Crippen molar-refractivity contribution in [3.8, 4) is 0 Å². The molecule has 1 aromatic rings. The zero-order chi connectivity index (χ0) is 13.7. The minimum atomic E-state index is -0.358.